The van der Waals surface area contributed by atoms with Crippen molar-refractivity contribution in [3.8, 4) is 0 Å². The van der Waals surface area contributed by atoms with Crippen molar-refractivity contribution < 1.29 is 14.7 Å². The molecule has 5 nitrogen and oxygen atoms in total. The van der Waals surface area contributed by atoms with E-state index in [1.165, 1.54) is 11.8 Å². The van der Waals surface area contributed by atoms with Crippen LogP contribution in [0.4, 0.5) is 0 Å². The van der Waals surface area contributed by atoms with Crippen molar-refractivity contribution in [2.75, 3.05) is 13.6 Å². The Hall–Kier alpha value is -1.40. The third-order valence-corrected chi connectivity index (χ3v) is 3.87. The Balaban J connectivity index is 2.53. The topological polar surface area (TPSA) is 69.6 Å². The van der Waals surface area contributed by atoms with E-state index in [0.717, 1.165) is 6.42 Å². The lowest BCUT2D eigenvalue weighted by Crippen LogP contribution is -2.49. The quantitative estimate of drug-likeness (QED) is 0.789. The van der Waals surface area contributed by atoms with Crippen molar-refractivity contribution in [3.05, 3.63) is 22.4 Å². The predicted octanol–water partition coefficient (Wildman–Crippen LogP) is 1.20. The number of hydrogen-bond donors (Lipinski definition) is 2. The number of thiophene rings is 1. The number of rotatable bonds is 7. The van der Waals surface area contributed by atoms with Crippen LogP contribution in [0.1, 0.15) is 18.7 Å². The summed E-state index contributed by atoms with van der Waals surface area (Å²) in [5.74, 6) is -1.34. The molecule has 0 aliphatic carbocycles. The molecule has 2 atom stereocenters. The second kappa shape index (κ2) is 7.25. The smallest absolute Gasteiger partial charge is 0.327 e. The van der Waals surface area contributed by atoms with Crippen LogP contribution >= 0.6 is 11.3 Å². The molecule has 0 aliphatic rings. The third kappa shape index (κ3) is 5.40. The maximum atomic E-state index is 11.1. The first-order valence-electron chi connectivity index (χ1n) is 6.12. The zero-order valence-electron chi connectivity index (χ0n) is 11.4. The van der Waals surface area contributed by atoms with Gasteiger partial charge in [0, 0.05) is 24.4 Å². The van der Waals surface area contributed by atoms with Crippen molar-refractivity contribution >= 4 is 23.2 Å². The lowest BCUT2D eigenvalue weighted by molar-refractivity contribution is -0.142. The van der Waals surface area contributed by atoms with Gasteiger partial charge in [0.05, 0.1) is 0 Å². The maximum absolute atomic E-state index is 11.1. The highest BCUT2D eigenvalue weighted by atomic mass is 32.1. The van der Waals surface area contributed by atoms with Crippen LogP contribution in [0.15, 0.2) is 17.5 Å². The Morgan fingerprint density at radius 2 is 2.21 bits per heavy atom. The Morgan fingerprint density at radius 3 is 2.68 bits per heavy atom. The van der Waals surface area contributed by atoms with Gasteiger partial charge in [0.25, 0.3) is 0 Å². The first-order valence-corrected chi connectivity index (χ1v) is 7.00. The molecule has 1 rings (SSSR count). The Bertz CT molecular complexity index is 420. The molecule has 2 N–H and O–H groups in total. The van der Waals surface area contributed by atoms with Crippen LogP contribution < -0.4 is 5.32 Å². The summed E-state index contributed by atoms with van der Waals surface area (Å²) in [7, 11) is 1.87. The van der Waals surface area contributed by atoms with Gasteiger partial charge in [0.15, 0.2) is 0 Å². The molecule has 0 fully saturated rings. The van der Waals surface area contributed by atoms with Crippen LogP contribution in [-0.4, -0.2) is 47.6 Å². The molecular weight excluding hydrogens is 264 g/mol. The first-order chi connectivity index (χ1) is 8.90. The van der Waals surface area contributed by atoms with Crippen LogP contribution in [-0.2, 0) is 16.0 Å². The minimum atomic E-state index is -1.01. The van der Waals surface area contributed by atoms with E-state index in [-0.39, 0.29) is 11.9 Å². The number of carbonyl (C=O) groups is 2. The Kier molecular flexibility index (Phi) is 5.98. The zero-order valence-corrected chi connectivity index (χ0v) is 12.2. The number of carbonyl (C=O) groups excluding carboxylic acids is 1. The molecule has 0 bridgehead atoms. The van der Waals surface area contributed by atoms with Crippen LogP contribution in [0.5, 0.6) is 0 Å². The summed E-state index contributed by atoms with van der Waals surface area (Å²) < 4.78 is 0. The lowest BCUT2D eigenvalue weighted by Gasteiger charge is -2.27. The van der Waals surface area contributed by atoms with Crippen molar-refractivity contribution in [2.45, 2.75) is 32.4 Å². The largest absolute Gasteiger partial charge is 0.480 e. The Morgan fingerprint density at radius 1 is 1.53 bits per heavy atom. The van der Waals surface area contributed by atoms with Crippen molar-refractivity contribution in [1.29, 1.82) is 0 Å². The van der Waals surface area contributed by atoms with Crippen molar-refractivity contribution in [1.82, 2.24) is 10.2 Å². The second-order valence-electron chi connectivity index (χ2n) is 4.66. The van der Waals surface area contributed by atoms with Gasteiger partial charge in [-0.05, 0) is 31.8 Å². The standard InChI is InChI=1S/C13H20N2O3S/c1-9(7-11-5-4-6-19-11)15(3)8-12(13(17)18)14-10(2)16/h4-6,9,12H,7-8H2,1-3H3,(H,14,16)(H,17,18). The number of nitrogens with one attached hydrogen (secondary N) is 1. The van der Waals surface area contributed by atoms with E-state index < -0.39 is 12.0 Å². The van der Waals surface area contributed by atoms with E-state index in [1.807, 2.05) is 30.3 Å². The molecule has 106 valence electrons. The van der Waals surface area contributed by atoms with Gasteiger partial charge in [-0.3, -0.25) is 4.79 Å². The Labute approximate surface area is 117 Å². The summed E-state index contributed by atoms with van der Waals surface area (Å²) in [6.07, 6.45) is 0.876. The first kappa shape index (κ1) is 15.7. The summed E-state index contributed by atoms with van der Waals surface area (Å²) >= 11 is 1.69. The number of carboxylic acids is 1. The molecule has 0 aromatic carbocycles. The zero-order chi connectivity index (χ0) is 14.4. The van der Waals surface area contributed by atoms with E-state index >= 15 is 0 Å². The van der Waals surface area contributed by atoms with Gasteiger partial charge in [-0.15, -0.1) is 11.3 Å². The number of aliphatic carboxylic acids is 1. The number of amides is 1. The fraction of sp³-hybridized carbons (Fsp3) is 0.538. The lowest BCUT2D eigenvalue weighted by atomic mass is 10.1. The average Bonchev–Trinajstić information content (AvgIpc) is 2.79. The summed E-state index contributed by atoms with van der Waals surface area (Å²) in [6, 6.07) is 3.42. The monoisotopic (exact) mass is 284 g/mol. The van der Waals surface area contributed by atoms with Gasteiger partial charge in [0.1, 0.15) is 6.04 Å². The van der Waals surface area contributed by atoms with E-state index in [9.17, 15) is 9.59 Å². The number of nitrogens with zero attached hydrogens (tertiary/aromatic N) is 1. The van der Waals surface area contributed by atoms with Crippen molar-refractivity contribution in [3.63, 3.8) is 0 Å². The van der Waals surface area contributed by atoms with E-state index in [2.05, 4.69) is 11.4 Å². The summed E-state index contributed by atoms with van der Waals surface area (Å²) in [5.41, 5.74) is 0. The number of hydrogen-bond acceptors (Lipinski definition) is 4. The molecule has 19 heavy (non-hydrogen) atoms. The predicted molar refractivity (Wildman–Crippen MR) is 75.4 cm³/mol. The van der Waals surface area contributed by atoms with Crippen LogP contribution in [0.3, 0.4) is 0 Å². The molecule has 0 spiro atoms. The molecule has 0 aliphatic heterocycles. The molecule has 1 aromatic heterocycles. The highest BCUT2D eigenvalue weighted by molar-refractivity contribution is 7.09. The molecule has 1 aromatic rings. The highest BCUT2D eigenvalue weighted by Crippen LogP contribution is 2.13. The van der Waals surface area contributed by atoms with Gasteiger partial charge < -0.3 is 15.3 Å². The minimum Gasteiger partial charge on any atom is -0.480 e. The van der Waals surface area contributed by atoms with Gasteiger partial charge in [0.2, 0.25) is 5.91 Å². The molecule has 1 heterocycles. The molecular formula is C13H20N2O3S. The normalized spacial score (nSPS) is 14.1. The fourth-order valence-corrected chi connectivity index (χ4v) is 2.60. The van der Waals surface area contributed by atoms with Crippen molar-refractivity contribution in [2.24, 2.45) is 0 Å². The molecule has 6 heteroatoms. The summed E-state index contributed by atoms with van der Waals surface area (Å²) in [5, 5.41) is 13.5. The molecule has 0 radical (unpaired) electrons. The van der Waals surface area contributed by atoms with Gasteiger partial charge >= 0.3 is 5.97 Å². The number of likely N-dealkylation sites (N-methyl/N-ethyl adjacent to an activating group) is 1. The molecule has 2 unspecified atom stereocenters. The van der Waals surface area contributed by atoms with E-state index in [0.29, 0.717) is 6.54 Å². The van der Waals surface area contributed by atoms with Gasteiger partial charge in [-0.1, -0.05) is 6.07 Å². The molecule has 0 saturated carbocycles. The highest BCUT2D eigenvalue weighted by Gasteiger charge is 2.22. The maximum Gasteiger partial charge on any atom is 0.327 e. The minimum absolute atomic E-state index is 0.217. The molecule has 0 saturated heterocycles. The average molecular weight is 284 g/mol. The van der Waals surface area contributed by atoms with Crippen LogP contribution in [0.25, 0.3) is 0 Å². The third-order valence-electron chi connectivity index (χ3n) is 2.98. The summed E-state index contributed by atoms with van der Waals surface area (Å²) in [6.45, 7) is 3.67. The number of carboxylic acid groups (broad SMARTS) is 1. The molecule has 1 amide bonds. The van der Waals surface area contributed by atoms with Crippen LogP contribution in [0.2, 0.25) is 0 Å². The van der Waals surface area contributed by atoms with Crippen LogP contribution in [0, 0.1) is 0 Å². The van der Waals surface area contributed by atoms with E-state index in [4.69, 9.17) is 5.11 Å². The summed E-state index contributed by atoms with van der Waals surface area (Å²) in [4.78, 5) is 25.3. The second-order valence-corrected chi connectivity index (χ2v) is 5.70. The fourth-order valence-electron chi connectivity index (χ4n) is 1.77. The SMILES string of the molecule is CC(=O)NC(CN(C)C(C)Cc1cccs1)C(=O)O. The van der Waals surface area contributed by atoms with Gasteiger partial charge in [-0.2, -0.15) is 0 Å². The van der Waals surface area contributed by atoms with E-state index in [1.54, 1.807) is 11.3 Å². The van der Waals surface area contributed by atoms with Gasteiger partial charge in [-0.25, -0.2) is 4.79 Å².